The van der Waals surface area contributed by atoms with Gasteiger partial charge in [-0.15, -0.1) is 11.6 Å². The third kappa shape index (κ3) is 8.53. The molecule has 0 fully saturated rings. The lowest BCUT2D eigenvalue weighted by molar-refractivity contribution is 1.41. The van der Waals surface area contributed by atoms with Crippen molar-refractivity contribution in [1.29, 1.82) is 0 Å². The lowest BCUT2D eigenvalue weighted by Gasteiger charge is -1.88. The average molecular weight is 251 g/mol. The molecule has 2 aromatic rings. The number of hydrogen-bond acceptors (Lipinski definition) is 0. The molecule has 0 N–H and O–H groups in total. The molecular formula is C16H23Cl. The molecule has 1 heteroatoms. The van der Waals surface area contributed by atoms with Crippen LogP contribution in [-0.4, -0.2) is 0 Å². The van der Waals surface area contributed by atoms with Gasteiger partial charge in [-0.05, 0) is 12.5 Å². The van der Waals surface area contributed by atoms with Gasteiger partial charge in [0.2, 0.25) is 0 Å². The number of aryl methyl sites for hydroxylation is 1. The van der Waals surface area contributed by atoms with Crippen LogP contribution in [0.1, 0.15) is 26.0 Å². The Labute approximate surface area is 111 Å². The molecule has 0 aromatic heterocycles. The summed E-state index contributed by atoms with van der Waals surface area (Å²) in [7, 11) is 0. The van der Waals surface area contributed by atoms with Crippen LogP contribution in [-0.2, 0) is 5.88 Å². The van der Waals surface area contributed by atoms with Crippen molar-refractivity contribution in [3.8, 4) is 0 Å². The molecule has 2 rings (SSSR count). The first-order valence-electron chi connectivity index (χ1n) is 4.94. The van der Waals surface area contributed by atoms with Crippen molar-refractivity contribution in [2.45, 2.75) is 27.7 Å². The Morgan fingerprint density at radius 1 is 0.765 bits per heavy atom. The van der Waals surface area contributed by atoms with Crippen molar-refractivity contribution in [1.82, 2.24) is 0 Å². The third-order valence-electron chi connectivity index (χ3n) is 1.94. The van der Waals surface area contributed by atoms with E-state index in [1.807, 2.05) is 48.5 Å². The molecule has 0 radical (unpaired) electrons. The highest BCUT2D eigenvalue weighted by molar-refractivity contribution is 6.17. The zero-order valence-corrected chi connectivity index (χ0v) is 9.61. The third-order valence-corrected chi connectivity index (χ3v) is 2.25. The molecule has 0 nitrogen and oxygen atoms in total. The molecule has 0 bridgehead atoms. The Hall–Kier alpha value is -1.27. The van der Waals surface area contributed by atoms with Gasteiger partial charge in [0.25, 0.3) is 0 Å². The van der Waals surface area contributed by atoms with Crippen LogP contribution in [0.3, 0.4) is 0 Å². The Bertz CT molecular complexity index is 354. The molecule has 17 heavy (non-hydrogen) atoms. The van der Waals surface area contributed by atoms with E-state index < -0.39 is 0 Å². The first-order valence-corrected chi connectivity index (χ1v) is 5.48. The minimum atomic E-state index is 0. The van der Waals surface area contributed by atoms with E-state index in [9.17, 15) is 0 Å². The van der Waals surface area contributed by atoms with Gasteiger partial charge < -0.3 is 0 Å². The van der Waals surface area contributed by atoms with Crippen molar-refractivity contribution in [3.05, 3.63) is 71.8 Å². The fourth-order valence-electron chi connectivity index (χ4n) is 1.10. The molecule has 0 unspecified atom stereocenters. The first kappa shape index (κ1) is 18.1. The van der Waals surface area contributed by atoms with Crippen LogP contribution in [0.25, 0.3) is 0 Å². The number of rotatable bonds is 1. The van der Waals surface area contributed by atoms with E-state index >= 15 is 0 Å². The highest BCUT2D eigenvalue weighted by Crippen LogP contribution is 2.00. The van der Waals surface area contributed by atoms with Gasteiger partial charge in [-0.3, -0.25) is 0 Å². The van der Waals surface area contributed by atoms with Gasteiger partial charge in [0.15, 0.2) is 0 Å². The standard InChI is InChI=1S/C7H7Cl.C7H8.2CH4/c8-6-7-4-2-1-3-5-7;1-7-5-3-2-4-6-7;;/h1-5H,6H2;2-6H,1H3;2*1H4. The van der Waals surface area contributed by atoms with Crippen molar-refractivity contribution in [3.63, 3.8) is 0 Å². The molecule has 0 saturated carbocycles. The maximum Gasteiger partial charge on any atom is 0.0474 e. The summed E-state index contributed by atoms with van der Waals surface area (Å²) < 4.78 is 0. The van der Waals surface area contributed by atoms with Gasteiger partial charge in [0.05, 0.1) is 0 Å². The Morgan fingerprint density at radius 3 is 1.41 bits per heavy atom. The number of alkyl halides is 1. The van der Waals surface area contributed by atoms with Gasteiger partial charge in [-0.25, -0.2) is 0 Å². The molecule has 0 aliphatic carbocycles. The maximum absolute atomic E-state index is 5.53. The summed E-state index contributed by atoms with van der Waals surface area (Å²) in [5.41, 5.74) is 2.50. The van der Waals surface area contributed by atoms with E-state index in [1.54, 1.807) is 0 Å². The van der Waals surface area contributed by atoms with Crippen molar-refractivity contribution < 1.29 is 0 Å². The number of benzene rings is 2. The Balaban J connectivity index is 0. The molecule has 0 aliphatic rings. The zero-order chi connectivity index (χ0) is 10.9. The van der Waals surface area contributed by atoms with Crippen molar-refractivity contribution in [2.24, 2.45) is 0 Å². The first-order chi connectivity index (χ1) is 7.33. The smallest absolute Gasteiger partial charge is 0.0474 e. The van der Waals surface area contributed by atoms with E-state index in [1.165, 1.54) is 11.1 Å². The second-order valence-electron chi connectivity index (χ2n) is 3.27. The molecule has 0 amide bonds. The van der Waals surface area contributed by atoms with E-state index in [-0.39, 0.29) is 14.9 Å². The van der Waals surface area contributed by atoms with Crippen LogP contribution in [0.15, 0.2) is 60.7 Å². The van der Waals surface area contributed by atoms with E-state index in [0.29, 0.717) is 5.88 Å². The van der Waals surface area contributed by atoms with Crippen LogP contribution in [0.4, 0.5) is 0 Å². The Morgan fingerprint density at radius 2 is 1.18 bits per heavy atom. The molecular weight excluding hydrogens is 228 g/mol. The SMILES string of the molecule is C.C.Cc1ccccc1.ClCc1ccccc1. The lowest BCUT2D eigenvalue weighted by Crippen LogP contribution is -1.71. The second-order valence-corrected chi connectivity index (χ2v) is 3.54. The predicted molar refractivity (Wildman–Crippen MR) is 80.6 cm³/mol. The molecule has 0 aliphatic heterocycles. The van der Waals surface area contributed by atoms with E-state index in [2.05, 4.69) is 19.1 Å². The summed E-state index contributed by atoms with van der Waals surface area (Å²) in [5.74, 6) is 0.612. The molecule has 0 heterocycles. The maximum atomic E-state index is 5.53. The van der Waals surface area contributed by atoms with Crippen molar-refractivity contribution in [2.75, 3.05) is 0 Å². The largest absolute Gasteiger partial charge is 0.122 e. The predicted octanol–water partition coefficient (Wildman–Crippen LogP) is 5.69. The summed E-state index contributed by atoms with van der Waals surface area (Å²) in [5, 5.41) is 0. The fourth-order valence-corrected chi connectivity index (χ4v) is 1.28. The summed E-state index contributed by atoms with van der Waals surface area (Å²) in [6.45, 7) is 2.08. The van der Waals surface area contributed by atoms with Gasteiger partial charge in [0.1, 0.15) is 0 Å². The summed E-state index contributed by atoms with van der Waals surface area (Å²) in [6, 6.07) is 20.2. The van der Waals surface area contributed by atoms with Gasteiger partial charge >= 0.3 is 0 Å². The normalized spacial score (nSPS) is 7.88. The van der Waals surface area contributed by atoms with Crippen LogP contribution in [0.5, 0.6) is 0 Å². The molecule has 0 saturated heterocycles. The average Bonchev–Trinajstić information content (AvgIpc) is 2.32. The summed E-state index contributed by atoms with van der Waals surface area (Å²) in [6.07, 6.45) is 0. The van der Waals surface area contributed by atoms with Gasteiger partial charge in [0, 0.05) is 5.88 Å². The highest BCUT2D eigenvalue weighted by atomic mass is 35.5. The van der Waals surface area contributed by atoms with Crippen LogP contribution < -0.4 is 0 Å². The molecule has 0 spiro atoms. The van der Waals surface area contributed by atoms with Crippen LogP contribution in [0, 0.1) is 6.92 Å². The van der Waals surface area contributed by atoms with Gasteiger partial charge in [-0.2, -0.15) is 0 Å². The highest BCUT2D eigenvalue weighted by Gasteiger charge is 1.81. The monoisotopic (exact) mass is 250 g/mol. The topological polar surface area (TPSA) is 0 Å². The Kier molecular flexibility index (Phi) is 12.0. The van der Waals surface area contributed by atoms with Gasteiger partial charge in [-0.1, -0.05) is 81.1 Å². The minimum absolute atomic E-state index is 0. The van der Waals surface area contributed by atoms with Crippen LogP contribution >= 0.6 is 11.6 Å². The quantitative estimate of drug-likeness (QED) is 0.570. The minimum Gasteiger partial charge on any atom is -0.122 e. The van der Waals surface area contributed by atoms with E-state index in [0.717, 1.165) is 0 Å². The lowest BCUT2D eigenvalue weighted by atomic mass is 10.2. The number of hydrogen-bond donors (Lipinski definition) is 0. The summed E-state index contributed by atoms with van der Waals surface area (Å²) in [4.78, 5) is 0. The van der Waals surface area contributed by atoms with Crippen molar-refractivity contribution >= 4 is 11.6 Å². The fraction of sp³-hybridized carbons (Fsp3) is 0.250. The number of halogens is 1. The summed E-state index contributed by atoms with van der Waals surface area (Å²) >= 11 is 5.53. The second kappa shape index (κ2) is 11.2. The van der Waals surface area contributed by atoms with E-state index in [4.69, 9.17) is 11.6 Å². The molecule has 0 atom stereocenters. The molecule has 2 aromatic carbocycles. The van der Waals surface area contributed by atoms with Crippen LogP contribution in [0.2, 0.25) is 0 Å². The molecule has 94 valence electrons. The zero-order valence-electron chi connectivity index (χ0n) is 8.86.